The Kier molecular flexibility index (Phi) is 5.51. The molecule has 12 heteroatoms. The molecule has 0 radical (unpaired) electrons. The molecule has 29 heavy (non-hydrogen) atoms. The SMILES string of the molecule is CC(C)(C)[C@@]1(O)CC(C(F)(F)C(F)(F)C(F)(F)F)=NN1C(=O)c1ccccc1Cl. The van der Waals surface area contributed by atoms with Crippen LogP contribution in [-0.2, 0) is 0 Å². The van der Waals surface area contributed by atoms with Gasteiger partial charge in [-0.15, -0.1) is 0 Å². The number of halogens is 8. The number of hydrazone groups is 1. The summed E-state index contributed by atoms with van der Waals surface area (Å²) >= 11 is 5.87. The molecule has 1 aliphatic heterocycles. The summed E-state index contributed by atoms with van der Waals surface area (Å²) in [6, 6.07) is 5.20. The standard InChI is InChI=1S/C17H16ClF7N2O2/c1-13(2,3)14(29)8-11(15(19,20)16(21,22)17(23,24)25)26-27(14)12(28)9-6-4-5-7-10(9)18/h4-7,29H,8H2,1-3H3/t14-/m0/s1. The molecule has 1 heterocycles. The van der Waals surface area contributed by atoms with Gasteiger partial charge in [0.15, 0.2) is 5.72 Å². The molecular formula is C17H16ClF7N2O2. The Hall–Kier alpha value is -1.88. The number of benzene rings is 1. The molecule has 0 saturated carbocycles. The first-order valence-corrected chi connectivity index (χ1v) is 8.47. The summed E-state index contributed by atoms with van der Waals surface area (Å²) < 4.78 is 92.9. The molecule has 0 aromatic heterocycles. The zero-order valence-electron chi connectivity index (χ0n) is 15.3. The normalized spacial score (nSPS) is 21.4. The van der Waals surface area contributed by atoms with E-state index in [0.717, 1.165) is 6.07 Å². The minimum Gasteiger partial charge on any atom is -0.368 e. The van der Waals surface area contributed by atoms with Crippen LogP contribution >= 0.6 is 11.6 Å². The summed E-state index contributed by atoms with van der Waals surface area (Å²) in [5, 5.41) is 13.9. The Morgan fingerprint density at radius 1 is 1.10 bits per heavy atom. The molecule has 0 saturated heterocycles. The van der Waals surface area contributed by atoms with Gasteiger partial charge >= 0.3 is 18.0 Å². The fraction of sp³-hybridized carbons (Fsp3) is 0.529. The molecule has 1 aromatic rings. The topological polar surface area (TPSA) is 52.9 Å². The second kappa shape index (κ2) is 6.83. The second-order valence-corrected chi connectivity index (χ2v) is 7.94. The van der Waals surface area contributed by atoms with Gasteiger partial charge in [-0.1, -0.05) is 44.5 Å². The minimum absolute atomic E-state index is 0.0872. The van der Waals surface area contributed by atoms with Gasteiger partial charge in [-0.2, -0.15) is 40.8 Å². The van der Waals surface area contributed by atoms with Gasteiger partial charge in [0.1, 0.15) is 5.71 Å². The first kappa shape index (κ1) is 23.4. The number of hydrogen-bond donors (Lipinski definition) is 1. The van der Waals surface area contributed by atoms with Gasteiger partial charge in [0.25, 0.3) is 5.91 Å². The van der Waals surface area contributed by atoms with Crippen LogP contribution < -0.4 is 0 Å². The highest BCUT2D eigenvalue weighted by Gasteiger charge is 2.76. The van der Waals surface area contributed by atoms with Crippen LogP contribution in [0.5, 0.6) is 0 Å². The Balaban J connectivity index is 2.63. The Labute approximate surface area is 165 Å². The Morgan fingerprint density at radius 3 is 2.07 bits per heavy atom. The molecule has 1 N–H and O–H groups in total. The molecule has 162 valence electrons. The first-order chi connectivity index (χ1) is 12.9. The summed E-state index contributed by atoms with van der Waals surface area (Å²) in [5.41, 5.74) is -6.37. The van der Waals surface area contributed by atoms with E-state index >= 15 is 0 Å². The van der Waals surface area contributed by atoms with E-state index in [1.165, 1.54) is 39.0 Å². The summed E-state index contributed by atoms with van der Waals surface area (Å²) in [6.07, 6.45) is -8.01. The highest BCUT2D eigenvalue weighted by molar-refractivity contribution is 6.33. The molecule has 0 aliphatic carbocycles. The van der Waals surface area contributed by atoms with E-state index in [2.05, 4.69) is 5.10 Å². The smallest absolute Gasteiger partial charge is 0.368 e. The minimum atomic E-state index is -6.58. The van der Waals surface area contributed by atoms with Crippen molar-refractivity contribution in [2.45, 2.75) is 50.9 Å². The van der Waals surface area contributed by atoms with Crippen LogP contribution in [0.15, 0.2) is 29.4 Å². The van der Waals surface area contributed by atoms with Crippen LogP contribution in [0.4, 0.5) is 30.7 Å². The summed E-state index contributed by atoms with van der Waals surface area (Å²) in [5.74, 6) is -13.5. The number of carbonyl (C=O) groups excluding carboxylic acids is 1. The molecule has 1 aromatic carbocycles. The van der Waals surface area contributed by atoms with Gasteiger partial charge in [-0.3, -0.25) is 4.79 Å². The highest BCUT2D eigenvalue weighted by Crippen LogP contribution is 2.51. The molecule has 4 nitrogen and oxygen atoms in total. The number of hydrogen-bond acceptors (Lipinski definition) is 3. The van der Waals surface area contributed by atoms with Crippen LogP contribution in [0.25, 0.3) is 0 Å². The average molecular weight is 449 g/mol. The quantitative estimate of drug-likeness (QED) is 0.653. The van der Waals surface area contributed by atoms with Crippen LogP contribution in [0.2, 0.25) is 5.02 Å². The van der Waals surface area contributed by atoms with Crippen molar-refractivity contribution in [3.8, 4) is 0 Å². The van der Waals surface area contributed by atoms with E-state index in [0.29, 0.717) is 0 Å². The monoisotopic (exact) mass is 448 g/mol. The summed E-state index contributed by atoms with van der Waals surface area (Å²) in [6.45, 7) is 3.83. The predicted molar refractivity (Wildman–Crippen MR) is 90.0 cm³/mol. The van der Waals surface area contributed by atoms with Crippen LogP contribution in [0.1, 0.15) is 37.6 Å². The van der Waals surface area contributed by atoms with Gasteiger partial charge in [0, 0.05) is 11.8 Å². The van der Waals surface area contributed by atoms with E-state index in [1.54, 1.807) is 0 Å². The van der Waals surface area contributed by atoms with Gasteiger partial charge in [0.2, 0.25) is 0 Å². The number of nitrogens with zero attached hydrogens (tertiary/aromatic N) is 2. The van der Waals surface area contributed by atoms with Crippen molar-refractivity contribution in [3.63, 3.8) is 0 Å². The fourth-order valence-electron chi connectivity index (χ4n) is 2.63. The van der Waals surface area contributed by atoms with E-state index in [9.17, 15) is 40.6 Å². The van der Waals surface area contributed by atoms with Crippen molar-refractivity contribution >= 4 is 23.2 Å². The maximum Gasteiger partial charge on any atom is 0.460 e. The van der Waals surface area contributed by atoms with Gasteiger partial charge in [-0.25, -0.2) is 0 Å². The molecular weight excluding hydrogens is 433 g/mol. The lowest BCUT2D eigenvalue weighted by atomic mass is 9.79. The average Bonchev–Trinajstić information content (AvgIpc) is 2.93. The van der Waals surface area contributed by atoms with Crippen molar-refractivity contribution in [1.29, 1.82) is 0 Å². The maximum absolute atomic E-state index is 14.2. The van der Waals surface area contributed by atoms with Crippen LogP contribution in [0.3, 0.4) is 0 Å². The lowest BCUT2D eigenvalue weighted by Gasteiger charge is -2.41. The van der Waals surface area contributed by atoms with Crippen LogP contribution in [0, 0.1) is 5.41 Å². The van der Waals surface area contributed by atoms with Gasteiger partial charge in [-0.05, 0) is 12.1 Å². The van der Waals surface area contributed by atoms with E-state index in [-0.39, 0.29) is 15.6 Å². The second-order valence-electron chi connectivity index (χ2n) is 7.53. The zero-order chi connectivity index (χ0) is 22.6. The van der Waals surface area contributed by atoms with E-state index in [4.69, 9.17) is 11.6 Å². The van der Waals surface area contributed by atoms with Crippen molar-refractivity contribution in [2.24, 2.45) is 10.5 Å². The zero-order valence-corrected chi connectivity index (χ0v) is 16.0. The number of aliphatic hydroxyl groups is 1. The fourth-order valence-corrected chi connectivity index (χ4v) is 2.84. The maximum atomic E-state index is 14.2. The Bertz CT molecular complexity index is 849. The third-order valence-corrected chi connectivity index (χ3v) is 4.93. The molecule has 1 aliphatic rings. The number of alkyl halides is 7. The summed E-state index contributed by atoms with van der Waals surface area (Å²) in [7, 11) is 0. The molecule has 0 unspecified atom stereocenters. The molecule has 0 spiro atoms. The van der Waals surface area contributed by atoms with E-state index in [1.807, 2.05) is 0 Å². The highest BCUT2D eigenvalue weighted by atomic mass is 35.5. The number of amides is 1. The molecule has 1 amide bonds. The third-order valence-electron chi connectivity index (χ3n) is 4.60. The van der Waals surface area contributed by atoms with E-state index < -0.39 is 47.2 Å². The number of carbonyl (C=O) groups is 1. The van der Waals surface area contributed by atoms with Crippen molar-refractivity contribution in [1.82, 2.24) is 5.01 Å². The summed E-state index contributed by atoms with van der Waals surface area (Å²) in [4.78, 5) is 12.8. The Morgan fingerprint density at radius 2 is 1.62 bits per heavy atom. The van der Waals surface area contributed by atoms with Crippen molar-refractivity contribution in [2.75, 3.05) is 0 Å². The molecule has 1 atom stereocenters. The predicted octanol–water partition coefficient (Wildman–Crippen LogP) is 5.11. The third kappa shape index (κ3) is 3.58. The van der Waals surface area contributed by atoms with Crippen molar-refractivity contribution in [3.05, 3.63) is 34.9 Å². The molecule has 0 bridgehead atoms. The number of rotatable bonds is 3. The van der Waals surface area contributed by atoms with Gasteiger partial charge in [0.05, 0.1) is 10.6 Å². The molecule has 0 fully saturated rings. The lowest BCUT2D eigenvalue weighted by molar-refractivity contribution is -0.336. The largest absolute Gasteiger partial charge is 0.460 e. The van der Waals surface area contributed by atoms with Gasteiger partial charge < -0.3 is 5.11 Å². The van der Waals surface area contributed by atoms with Crippen LogP contribution in [-0.4, -0.2) is 45.5 Å². The lowest BCUT2D eigenvalue weighted by Crippen LogP contribution is -2.58. The molecule has 2 rings (SSSR count). The first-order valence-electron chi connectivity index (χ1n) is 8.09. The van der Waals surface area contributed by atoms with Crippen molar-refractivity contribution < 1.29 is 40.6 Å².